The number of nitrogens with zero attached hydrogens (tertiary/aromatic N) is 1. The van der Waals surface area contributed by atoms with Gasteiger partial charge in [0.05, 0.1) is 5.56 Å². The van der Waals surface area contributed by atoms with E-state index in [-0.39, 0.29) is 11.7 Å². The van der Waals surface area contributed by atoms with Gasteiger partial charge in [0, 0.05) is 24.2 Å². The zero-order chi connectivity index (χ0) is 14.1. The summed E-state index contributed by atoms with van der Waals surface area (Å²) in [5.41, 5.74) is 2.00. The lowest BCUT2D eigenvalue weighted by Gasteiger charge is -2.15. The molecule has 3 rings (SSSR count). The third-order valence-electron chi connectivity index (χ3n) is 3.51. The average Bonchev–Trinajstić information content (AvgIpc) is 3.07. The first-order chi connectivity index (χ1) is 9.65. The maximum atomic E-state index is 12.2. The van der Waals surface area contributed by atoms with Crippen LogP contribution in [0.3, 0.4) is 0 Å². The predicted molar refractivity (Wildman–Crippen MR) is 74.9 cm³/mol. The zero-order valence-corrected chi connectivity index (χ0v) is 11.3. The van der Waals surface area contributed by atoms with Gasteiger partial charge in [-0.25, -0.2) is 0 Å². The molecule has 0 N–H and O–H groups in total. The van der Waals surface area contributed by atoms with Gasteiger partial charge in [-0.3, -0.25) is 9.59 Å². The number of hydrogen-bond acceptors (Lipinski definition) is 3. The van der Waals surface area contributed by atoms with E-state index in [4.69, 9.17) is 4.42 Å². The first kappa shape index (κ1) is 12.7. The van der Waals surface area contributed by atoms with Gasteiger partial charge in [-0.1, -0.05) is 0 Å². The first-order valence-corrected chi connectivity index (χ1v) is 6.65. The van der Waals surface area contributed by atoms with Crippen LogP contribution in [-0.2, 0) is 4.79 Å². The lowest BCUT2D eigenvalue weighted by molar-refractivity contribution is -0.117. The SMILES string of the molecule is Cc1cc(C(=O)c2ccc(N3CCCC3=O)cc2)co1. The highest BCUT2D eigenvalue weighted by molar-refractivity contribution is 6.09. The number of ketones is 1. The molecule has 1 aromatic carbocycles. The van der Waals surface area contributed by atoms with Gasteiger partial charge in [0.15, 0.2) is 5.78 Å². The molecular formula is C16H15NO3. The van der Waals surface area contributed by atoms with Crippen molar-refractivity contribution in [2.75, 3.05) is 11.4 Å². The van der Waals surface area contributed by atoms with Gasteiger partial charge < -0.3 is 9.32 Å². The lowest BCUT2D eigenvalue weighted by atomic mass is 10.1. The van der Waals surface area contributed by atoms with E-state index < -0.39 is 0 Å². The standard InChI is InChI=1S/C16H15NO3/c1-11-9-13(10-20-11)16(19)12-4-6-14(7-5-12)17-8-2-3-15(17)18/h4-7,9-10H,2-3,8H2,1H3. The van der Waals surface area contributed by atoms with Gasteiger partial charge in [0.25, 0.3) is 0 Å². The van der Waals surface area contributed by atoms with E-state index in [2.05, 4.69) is 0 Å². The van der Waals surface area contributed by atoms with Crippen LogP contribution in [0, 0.1) is 6.92 Å². The normalized spacial score (nSPS) is 14.8. The minimum absolute atomic E-state index is 0.0684. The van der Waals surface area contributed by atoms with Gasteiger partial charge in [0.2, 0.25) is 5.91 Å². The highest BCUT2D eigenvalue weighted by Crippen LogP contribution is 2.22. The molecule has 4 heteroatoms. The fourth-order valence-electron chi connectivity index (χ4n) is 2.44. The summed E-state index contributed by atoms with van der Waals surface area (Å²) in [7, 11) is 0. The Morgan fingerprint density at radius 3 is 2.50 bits per heavy atom. The van der Waals surface area contributed by atoms with Gasteiger partial charge in [0.1, 0.15) is 12.0 Å². The summed E-state index contributed by atoms with van der Waals surface area (Å²) in [5, 5.41) is 0. The number of carbonyl (C=O) groups is 2. The predicted octanol–water partition coefficient (Wildman–Crippen LogP) is 2.95. The Balaban J connectivity index is 1.82. The van der Waals surface area contributed by atoms with E-state index >= 15 is 0 Å². The van der Waals surface area contributed by atoms with Crippen LogP contribution < -0.4 is 4.90 Å². The second-order valence-electron chi connectivity index (χ2n) is 4.97. The third kappa shape index (κ3) is 2.25. The number of rotatable bonds is 3. The van der Waals surface area contributed by atoms with Gasteiger partial charge in [-0.05, 0) is 43.7 Å². The largest absolute Gasteiger partial charge is 0.469 e. The fourth-order valence-corrected chi connectivity index (χ4v) is 2.44. The summed E-state index contributed by atoms with van der Waals surface area (Å²) in [6.45, 7) is 2.56. The van der Waals surface area contributed by atoms with E-state index in [1.807, 2.05) is 12.1 Å². The van der Waals surface area contributed by atoms with E-state index in [1.165, 1.54) is 6.26 Å². The van der Waals surface area contributed by atoms with Gasteiger partial charge in [-0.15, -0.1) is 0 Å². The Hall–Kier alpha value is -2.36. The van der Waals surface area contributed by atoms with Crippen LogP contribution in [0.4, 0.5) is 5.69 Å². The van der Waals surface area contributed by atoms with E-state index in [9.17, 15) is 9.59 Å². The van der Waals surface area contributed by atoms with Crippen LogP contribution in [0.15, 0.2) is 41.0 Å². The molecule has 20 heavy (non-hydrogen) atoms. The highest BCUT2D eigenvalue weighted by Gasteiger charge is 2.21. The number of aryl methyl sites for hydroxylation is 1. The van der Waals surface area contributed by atoms with Gasteiger partial charge in [-0.2, -0.15) is 0 Å². The molecule has 2 heterocycles. The van der Waals surface area contributed by atoms with Crippen molar-refractivity contribution in [3.05, 3.63) is 53.5 Å². The molecule has 4 nitrogen and oxygen atoms in total. The molecule has 0 unspecified atom stereocenters. The summed E-state index contributed by atoms with van der Waals surface area (Å²) < 4.78 is 5.15. The monoisotopic (exact) mass is 269 g/mol. The summed E-state index contributed by atoms with van der Waals surface area (Å²) in [6, 6.07) is 8.88. The number of furan rings is 1. The Labute approximate surface area is 117 Å². The quantitative estimate of drug-likeness (QED) is 0.805. The van der Waals surface area contributed by atoms with Crippen molar-refractivity contribution in [1.29, 1.82) is 0 Å². The summed E-state index contributed by atoms with van der Waals surface area (Å²) in [6.07, 6.45) is 2.97. The molecule has 0 atom stereocenters. The van der Waals surface area contributed by atoms with Crippen molar-refractivity contribution in [1.82, 2.24) is 0 Å². The Morgan fingerprint density at radius 2 is 1.95 bits per heavy atom. The lowest BCUT2D eigenvalue weighted by Crippen LogP contribution is -2.23. The number of benzene rings is 1. The number of carbonyl (C=O) groups excluding carboxylic acids is 2. The smallest absolute Gasteiger partial charge is 0.227 e. The molecule has 1 amide bonds. The molecule has 0 radical (unpaired) electrons. The highest BCUT2D eigenvalue weighted by atomic mass is 16.3. The molecule has 0 spiro atoms. The van der Waals surface area contributed by atoms with Crippen LogP contribution in [0.1, 0.15) is 34.5 Å². The van der Waals surface area contributed by atoms with Crippen molar-refractivity contribution in [3.63, 3.8) is 0 Å². The Morgan fingerprint density at radius 1 is 1.20 bits per heavy atom. The summed E-state index contributed by atoms with van der Waals surface area (Å²) >= 11 is 0. The van der Waals surface area contributed by atoms with E-state index in [0.717, 1.165) is 18.7 Å². The van der Waals surface area contributed by atoms with Crippen molar-refractivity contribution in [2.45, 2.75) is 19.8 Å². The second kappa shape index (κ2) is 4.96. The number of hydrogen-bond donors (Lipinski definition) is 0. The average molecular weight is 269 g/mol. The van der Waals surface area contributed by atoms with Crippen LogP contribution in [0.25, 0.3) is 0 Å². The van der Waals surface area contributed by atoms with Gasteiger partial charge >= 0.3 is 0 Å². The third-order valence-corrected chi connectivity index (χ3v) is 3.51. The Kier molecular flexibility index (Phi) is 3.14. The molecular weight excluding hydrogens is 254 g/mol. The zero-order valence-electron chi connectivity index (χ0n) is 11.3. The van der Waals surface area contributed by atoms with E-state index in [1.54, 1.807) is 30.0 Å². The molecule has 0 aliphatic carbocycles. The van der Waals surface area contributed by atoms with Crippen molar-refractivity contribution in [3.8, 4) is 0 Å². The first-order valence-electron chi connectivity index (χ1n) is 6.65. The number of anilines is 1. The molecule has 1 aliphatic heterocycles. The molecule has 102 valence electrons. The minimum Gasteiger partial charge on any atom is -0.469 e. The van der Waals surface area contributed by atoms with Crippen molar-refractivity contribution in [2.24, 2.45) is 0 Å². The summed E-state index contributed by atoms with van der Waals surface area (Å²) in [5.74, 6) is 0.795. The van der Waals surface area contributed by atoms with Crippen LogP contribution in [-0.4, -0.2) is 18.2 Å². The molecule has 0 bridgehead atoms. The van der Waals surface area contributed by atoms with Crippen molar-refractivity contribution < 1.29 is 14.0 Å². The van der Waals surface area contributed by atoms with Crippen LogP contribution >= 0.6 is 0 Å². The van der Waals surface area contributed by atoms with Crippen LogP contribution in [0.5, 0.6) is 0 Å². The maximum absolute atomic E-state index is 12.2. The molecule has 1 aromatic heterocycles. The molecule has 1 aliphatic rings. The molecule has 1 saturated heterocycles. The molecule has 1 fully saturated rings. The molecule has 2 aromatic rings. The maximum Gasteiger partial charge on any atom is 0.227 e. The van der Waals surface area contributed by atoms with Crippen molar-refractivity contribution >= 4 is 17.4 Å². The number of amides is 1. The fraction of sp³-hybridized carbons (Fsp3) is 0.250. The second-order valence-corrected chi connectivity index (χ2v) is 4.97. The topological polar surface area (TPSA) is 50.5 Å². The summed E-state index contributed by atoms with van der Waals surface area (Å²) in [4.78, 5) is 25.6. The minimum atomic E-state index is -0.0684. The van der Waals surface area contributed by atoms with Crippen LogP contribution in [0.2, 0.25) is 0 Å². The molecule has 0 saturated carbocycles. The van der Waals surface area contributed by atoms with E-state index in [0.29, 0.717) is 23.3 Å². The Bertz CT molecular complexity index is 655.